The highest BCUT2D eigenvalue weighted by Crippen LogP contribution is 2.22. The van der Waals surface area contributed by atoms with Gasteiger partial charge in [-0.25, -0.2) is 4.79 Å². The van der Waals surface area contributed by atoms with E-state index in [-0.39, 0.29) is 11.4 Å². The predicted molar refractivity (Wildman–Crippen MR) is 98.5 cm³/mol. The second-order valence-corrected chi connectivity index (χ2v) is 6.60. The molecule has 0 aliphatic heterocycles. The molecule has 2 aromatic carbocycles. The largest absolute Gasteiger partial charge is 0.423 e. The third-order valence-corrected chi connectivity index (χ3v) is 3.50. The van der Waals surface area contributed by atoms with E-state index in [0.717, 1.165) is 11.1 Å². The maximum absolute atomic E-state index is 12.2. The molecular formula is C19H23N4O2+. The normalized spacial score (nSPS) is 11.3. The number of guanidine groups is 1. The van der Waals surface area contributed by atoms with Gasteiger partial charge in [0.25, 0.3) is 5.96 Å². The summed E-state index contributed by atoms with van der Waals surface area (Å²) in [5.74, 6) is 0.0130. The molecule has 130 valence electrons. The molecule has 0 unspecified atom stereocenters. The summed E-state index contributed by atoms with van der Waals surface area (Å²) in [6, 6.07) is 14.4. The van der Waals surface area contributed by atoms with Crippen molar-refractivity contribution in [1.29, 1.82) is 0 Å². The Morgan fingerprint density at radius 1 is 1.04 bits per heavy atom. The van der Waals surface area contributed by atoms with Crippen molar-refractivity contribution >= 4 is 18.1 Å². The van der Waals surface area contributed by atoms with E-state index in [9.17, 15) is 4.79 Å². The molecule has 2 aromatic rings. The molecule has 0 bridgehead atoms. The number of benzene rings is 2. The fourth-order valence-electron chi connectivity index (χ4n) is 2.09. The van der Waals surface area contributed by atoms with Crippen molar-refractivity contribution in [3.8, 4) is 5.75 Å². The van der Waals surface area contributed by atoms with Crippen molar-refractivity contribution in [3.05, 3.63) is 65.2 Å². The van der Waals surface area contributed by atoms with Gasteiger partial charge in [-0.2, -0.15) is 0 Å². The molecule has 6 nitrogen and oxygen atoms in total. The Hall–Kier alpha value is -3.15. The van der Waals surface area contributed by atoms with Crippen molar-refractivity contribution in [3.63, 3.8) is 0 Å². The average Bonchev–Trinajstić information content (AvgIpc) is 2.55. The molecule has 0 saturated carbocycles. The first-order valence-electron chi connectivity index (χ1n) is 7.86. The van der Waals surface area contributed by atoms with Crippen molar-refractivity contribution in [2.24, 2.45) is 16.6 Å². The summed E-state index contributed by atoms with van der Waals surface area (Å²) >= 11 is 0. The van der Waals surface area contributed by atoms with Crippen LogP contribution in [0.25, 0.3) is 0 Å². The lowest BCUT2D eigenvalue weighted by molar-refractivity contribution is -0.456. The molecule has 0 fully saturated rings. The molecule has 0 amide bonds. The topological polar surface area (TPSA) is 105 Å². The van der Waals surface area contributed by atoms with Crippen molar-refractivity contribution in [2.75, 3.05) is 0 Å². The standard InChI is InChI=1S/C19H22N4O2/c1-19(2,3)15-8-6-14(7-9-15)17(24)25-16-10-4-13(5-11-16)12-22-23-18(20)21/h4-12H,1-3H3,(H4,20,21,23)/p+1. The van der Waals surface area contributed by atoms with E-state index in [0.29, 0.717) is 11.3 Å². The summed E-state index contributed by atoms with van der Waals surface area (Å²) in [5.41, 5.74) is 13.0. The molecule has 0 heterocycles. The summed E-state index contributed by atoms with van der Waals surface area (Å²) in [5, 5.41) is 6.25. The molecular weight excluding hydrogens is 316 g/mol. The van der Waals surface area contributed by atoms with Crippen LogP contribution in [0.15, 0.2) is 53.6 Å². The number of esters is 1. The van der Waals surface area contributed by atoms with Gasteiger partial charge < -0.3 is 16.2 Å². The minimum Gasteiger partial charge on any atom is -0.423 e. The molecule has 0 aromatic heterocycles. The molecule has 0 spiro atoms. The predicted octanol–water partition coefficient (Wildman–Crippen LogP) is 0.891. The Morgan fingerprint density at radius 2 is 1.64 bits per heavy atom. The number of rotatable bonds is 4. The molecule has 0 aliphatic rings. The molecule has 0 aliphatic carbocycles. The van der Waals surface area contributed by atoms with E-state index in [1.165, 1.54) is 0 Å². The zero-order chi connectivity index (χ0) is 18.4. The Bertz CT molecular complexity index is 782. The van der Waals surface area contributed by atoms with Gasteiger partial charge in [-0.3, -0.25) is 0 Å². The Balaban J connectivity index is 2.03. The van der Waals surface area contributed by atoms with E-state index < -0.39 is 5.97 Å². The molecule has 0 radical (unpaired) electrons. The SMILES string of the molecule is CC(C)(C)c1ccc(C(=O)Oc2ccc(C=[NH+]N=C(N)N)cc2)cc1. The first-order valence-corrected chi connectivity index (χ1v) is 7.86. The van der Waals surface area contributed by atoms with Crippen LogP contribution < -0.4 is 21.3 Å². The summed E-state index contributed by atoms with van der Waals surface area (Å²) in [4.78, 5) is 12.2. The van der Waals surface area contributed by atoms with Gasteiger partial charge in [0.1, 0.15) is 5.75 Å². The zero-order valence-electron chi connectivity index (χ0n) is 14.6. The highest BCUT2D eigenvalue weighted by Gasteiger charge is 2.15. The molecule has 5 N–H and O–H groups in total. The fraction of sp³-hybridized carbons (Fsp3) is 0.211. The summed E-state index contributed by atoms with van der Waals surface area (Å²) in [6.07, 6.45) is 1.62. The molecule has 0 atom stereocenters. The highest BCUT2D eigenvalue weighted by atomic mass is 16.5. The van der Waals surface area contributed by atoms with Gasteiger partial charge in [0, 0.05) is 10.7 Å². The van der Waals surface area contributed by atoms with Gasteiger partial charge in [0.2, 0.25) is 6.21 Å². The number of ether oxygens (including phenoxy) is 1. The molecule has 6 heteroatoms. The smallest absolute Gasteiger partial charge is 0.343 e. The number of carbonyl (C=O) groups is 1. The van der Waals surface area contributed by atoms with Gasteiger partial charge in [-0.05, 0) is 47.4 Å². The van der Waals surface area contributed by atoms with E-state index in [1.54, 1.807) is 42.6 Å². The molecule has 0 saturated heterocycles. The summed E-state index contributed by atoms with van der Waals surface area (Å²) in [6.45, 7) is 6.38. The van der Waals surface area contributed by atoms with Gasteiger partial charge in [-0.1, -0.05) is 32.9 Å². The van der Waals surface area contributed by atoms with E-state index in [1.807, 2.05) is 12.1 Å². The van der Waals surface area contributed by atoms with E-state index in [2.05, 4.69) is 31.0 Å². The zero-order valence-corrected chi connectivity index (χ0v) is 14.6. The number of nitrogens with one attached hydrogen (secondary N) is 1. The highest BCUT2D eigenvalue weighted by molar-refractivity contribution is 5.91. The quantitative estimate of drug-likeness (QED) is 0.253. The second-order valence-electron chi connectivity index (χ2n) is 6.60. The fourth-order valence-corrected chi connectivity index (χ4v) is 2.09. The van der Waals surface area contributed by atoms with Crippen LogP contribution in [0.2, 0.25) is 0 Å². The number of hydrazone groups is 1. The molecule has 2 rings (SSSR count). The van der Waals surface area contributed by atoms with Crippen LogP contribution in [0.4, 0.5) is 0 Å². The van der Waals surface area contributed by atoms with Crippen LogP contribution in [0, 0.1) is 0 Å². The van der Waals surface area contributed by atoms with Gasteiger partial charge in [-0.15, -0.1) is 5.10 Å². The number of nitrogens with two attached hydrogens (primary N) is 2. The summed E-state index contributed by atoms with van der Waals surface area (Å²) < 4.78 is 5.38. The first kappa shape index (κ1) is 18.2. The molecule has 25 heavy (non-hydrogen) atoms. The Labute approximate surface area is 147 Å². The summed E-state index contributed by atoms with van der Waals surface area (Å²) in [7, 11) is 0. The maximum Gasteiger partial charge on any atom is 0.343 e. The monoisotopic (exact) mass is 339 g/mol. The number of hydrogen-bond donors (Lipinski definition) is 3. The van der Waals surface area contributed by atoms with E-state index >= 15 is 0 Å². The van der Waals surface area contributed by atoms with Crippen LogP contribution in [0.1, 0.15) is 42.3 Å². The lowest BCUT2D eigenvalue weighted by atomic mass is 9.87. The van der Waals surface area contributed by atoms with Crippen molar-refractivity contribution < 1.29 is 14.6 Å². The van der Waals surface area contributed by atoms with Crippen molar-refractivity contribution in [1.82, 2.24) is 0 Å². The van der Waals surface area contributed by atoms with Crippen LogP contribution in [0.3, 0.4) is 0 Å². The van der Waals surface area contributed by atoms with Gasteiger partial charge in [0.05, 0.1) is 5.56 Å². The number of carbonyl (C=O) groups excluding carboxylic acids is 1. The lowest BCUT2D eigenvalue weighted by Gasteiger charge is -2.18. The van der Waals surface area contributed by atoms with Crippen LogP contribution >= 0.6 is 0 Å². The van der Waals surface area contributed by atoms with Crippen LogP contribution in [0.5, 0.6) is 5.75 Å². The minimum absolute atomic E-state index is 0.0431. The minimum atomic E-state index is -0.393. The van der Waals surface area contributed by atoms with Crippen molar-refractivity contribution in [2.45, 2.75) is 26.2 Å². The van der Waals surface area contributed by atoms with Gasteiger partial charge in [0.15, 0.2) is 0 Å². The van der Waals surface area contributed by atoms with Crippen LogP contribution in [-0.2, 0) is 5.41 Å². The third kappa shape index (κ3) is 5.46. The maximum atomic E-state index is 12.2. The lowest BCUT2D eigenvalue weighted by Crippen LogP contribution is -2.63. The average molecular weight is 339 g/mol. The first-order chi connectivity index (χ1) is 11.8. The third-order valence-electron chi connectivity index (χ3n) is 3.50. The Morgan fingerprint density at radius 3 is 2.16 bits per heavy atom. The number of hydrogen-bond acceptors (Lipinski definition) is 3. The van der Waals surface area contributed by atoms with E-state index in [4.69, 9.17) is 16.2 Å². The number of nitrogens with zero attached hydrogens (tertiary/aromatic N) is 1. The van der Waals surface area contributed by atoms with Gasteiger partial charge >= 0.3 is 5.97 Å². The Kier molecular flexibility index (Phi) is 5.54. The second kappa shape index (κ2) is 7.61. The van der Waals surface area contributed by atoms with Crippen LogP contribution in [-0.4, -0.2) is 18.1 Å².